The SMILES string of the molecule is [2H]c1c([2H])c([2H])c(-c2c([2H])c([2H])c([2H])c3c2sc2c(-c4ccc(-c5nc(-c6ccccc6)nc(-c6ccccc6)n5)c(-n5c6c([2H])c([2H])c([2H])c([2H])c6c6c([2H])c([2H])c([2H])c([2H])c65)c4)c([2H])c([2H])c([2H])c23)c([2H])c1[2H]. The maximum atomic E-state index is 9.54. The average Bonchev–Trinajstić information content (AvgIpc) is 4.11. The lowest BCUT2D eigenvalue weighted by Crippen LogP contribution is -2.04. The molecule has 0 unspecified atom stereocenters. The molecule has 0 saturated carbocycles. The fraction of sp³-hybridized carbons (Fsp3) is 0. The van der Waals surface area contributed by atoms with Crippen LogP contribution >= 0.6 is 11.3 Å². The summed E-state index contributed by atoms with van der Waals surface area (Å²) in [5.74, 6) is 0.429. The van der Waals surface area contributed by atoms with Gasteiger partial charge < -0.3 is 4.57 Å². The van der Waals surface area contributed by atoms with Crippen molar-refractivity contribution >= 4 is 53.3 Å². The first-order valence-electron chi connectivity index (χ1n) is 26.7. The minimum absolute atomic E-state index is 0.00483. The molecule has 262 valence electrons. The Morgan fingerprint density at radius 2 is 0.893 bits per heavy atom. The number of aromatic nitrogens is 4. The van der Waals surface area contributed by atoms with Crippen molar-refractivity contribution in [2.75, 3.05) is 0 Å². The van der Waals surface area contributed by atoms with Crippen molar-refractivity contribution in [3.63, 3.8) is 0 Å². The molecule has 0 fully saturated rings. The van der Waals surface area contributed by atoms with Crippen molar-refractivity contribution in [2.24, 2.45) is 0 Å². The summed E-state index contributed by atoms with van der Waals surface area (Å²) in [7, 11) is 0. The highest BCUT2D eigenvalue weighted by Gasteiger charge is 2.21. The molecule has 11 aromatic rings. The van der Waals surface area contributed by atoms with Crippen LogP contribution in [-0.4, -0.2) is 19.5 Å². The lowest BCUT2D eigenvalue weighted by molar-refractivity contribution is 1.06. The van der Waals surface area contributed by atoms with Crippen LogP contribution in [0.5, 0.6) is 0 Å². The summed E-state index contributed by atoms with van der Waals surface area (Å²) >= 11 is 0.813. The van der Waals surface area contributed by atoms with E-state index in [0.717, 1.165) is 11.3 Å². The average molecular weight is 752 g/mol. The zero-order valence-corrected chi connectivity index (χ0v) is 29.5. The van der Waals surface area contributed by atoms with Gasteiger partial charge in [-0.25, -0.2) is 15.0 Å². The first-order valence-corrected chi connectivity index (χ1v) is 18.0. The Kier molecular flexibility index (Phi) is 4.36. The minimum atomic E-state index is -0.720. The summed E-state index contributed by atoms with van der Waals surface area (Å²) in [6.07, 6.45) is 0. The molecular formula is C51H32N4S. The Hall–Kier alpha value is -7.21. The lowest BCUT2D eigenvalue weighted by atomic mass is 9.98. The number of hydrogen-bond acceptors (Lipinski definition) is 4. The van der Waals surface area contributed by atoms with Gasteiger partial charge in [0.25, 0.3) is 0 Å². The molecule has 0 atom stereocenters. The number of rotatable bonds is 6. The number of benzene rings is 8. The molecule has 0 spiro atoms. The summed E-state index contributed by atoms with van der Waals surface area (Å²) < 4.78 is 172. The van der Waals surface area contributed by atoms with E-state index < -0.39 is 120 Å². The monoisotopic (exact) mass is 751 g/mol. The van der Waals surface area contributed by atoms with Gasteiger partial charge in [0, 0.05) is 47.6 Å². The van der Waals surface area contributed by atoms with Crippen LogP contribution in [0.4, 0.5) is 0 Å². The predicted molar refractivity (Wildman–Crippen MR) is 234 cm³/mol. The van der Waals surface area contributed by atoms with E-state index in [9.17, 15) is 11.0 Å². The van der Waals surface area contributed by atoms with Gasteiger partial charge in [-0.05, 0) is 46.5 Å². The Morgan fingerprint density at radius 3 is 1.48 bits per heavy atom. The number of para-hydroxylation sites is 2. The van der Waals surface area contributed by atoms with E-state index in [2.05, 4.69) is 0 Å². The fourth-order valence-electron chi connectivity index (χ4n) is 6.85. The van der Waals surface area contributed by atoms with Crippen molar-refractivity contribution in [1.82, 2.24) is 19.5 Å². The number of hydrogen-bond donors (Lipinski definition) is 0. The standard InChI is InChI=1S/C51H32N4S/c1-4-16-33(17-5-1)37-24-14-26-41-42-27-15-25-38(48(42)56-47(37)41)36-30-31-43(46(32-36)55-44-28-12-10-22-39(44)40-23-11-13-29-45(40)55)51-53-49(34-18-6-2-7-19-34)52-50(54-51)35-20-8-3-9-21-35/h1-32H/i1D,4D,5D,10D,11D,12D,13D,14D,15D,16D,17D,22D,23D,24D,25D,26D,27D,28D,29D. The third kappa shape index (κ3) is 5.32. The van der Waals surface area contributed by atoms with E-state index in [1.54, 1.807) is 48.5 Å². The number of fused-ring (bicyclic) bond motifs is 6. The molecule has 4 nitrogen and oxygen atoms in total. The molecule has 0 aliphatic rings. The van der Waals surface area contributed by atoms with Gasteiger partial charge in [-0.2, -0.15) is 0 Å². The fourth-order valence-corrected chi connectivity index (χ4v) is 8.09. The second-order valence-electron chi connectivity index (χ2n) is 12.6. The molecule has 0 bridgehead atoms. The second-order valence-corrected chi connectivity index (χ2v) is 13.6. The van der Waals surface area contributed by atoms with E-state index >= 15 is 0 Å². The Labute approximate surface area is 354 Å². The lowest BCUT2D eigenvalue weighted by Gasteiger charge is -2.16. The van der Waals surface area contributed by atoms with Gasteiger partial charge in [0.2, 0.25) is 0 Å². The van der Waals surface area contributed by atoms with Gasteiger partial charge in [0.1, 0.15) is 0 Å². The van der Waals surface area contributed by atoms with Crippen LogP contribution in [0.2, 0.25) is 0 Å². The van der Waals surface area contributed by atoms with Crippen molar-refractivity contribution in [3.05, 3.63) is 194 Å². The molecule has 5 heteroatoms. The van der Waals surface area contributed by atoms with Crippen LogP contribution in [0.1, 0.15) is 26.0 Å². The van der Waals surface area contributed by atoms with Gasteiger partial charge in [-0.15, -0.1) is 11.3 Å². The topological polar surface area (TPSA) is 43.6 Å². The molecule has 56 heavy (non-hydrogen) atoms. The molecule has 0 amide bonds. The molecule has 11 rings (SSSR count). The molecule has 0 saturated heterocycles. The maximum absolute atomic E-state index is 9.54. The highest BCUT2D eigenvalue weighted by molar-refractivity contribution is 7.26. The summed E-state index contributed by atoms with van der Waals surface area (Å²) in [5, 5.41) is -0.715. The molecule has 0 aliphatic carbocycles. The van der Waals surface area contributed by atoms with Crippen LogP contribution < -0.4 is 0 Å². The molecule has 3 aromatic heterocycles. The Bertz CT molecular complexity index is 4190. The second kappa shape index (κ2) is 13.3. The minimum Gasteiger partial charge on any atom is -0.308 e. The molecule has 0 aliphatic heterocycles. The van der Waals surface area contributed by atoms with Crippen LogP contribution in [-0.2, 0) is 0 Å². The summed E-state index contributed by atoms with van der Waals surface area (Å²) in [4.78, 5) is 14.7. The third-order valence-electron chi connectivity index (χ3n) is 9.36. The van der Waals surface area contributed by atoms with Gasteiger partial charge in [-0.3, -0.25) is 0 Å². The summed E-state index contributed by atoms with van der Waals surface area (Å²) in [5.41, 5.74) is 0.0661. The van der Waals surface area contributed by atoms with Gasteiger partial charge in [0.15, 0.2) is 17.5 Å². The summed E-state index contributed by atoms with van der Waals surface area (Å²) in [6.45, 7) is 0. The molecule has 8 aromatic carbocycles. The van der Waals surface area contributed by atoms with Crippen LogP contribution in [0.25, 0.3) is 104 Å². The smallest absolute Gasteiger partial charge is 0.166 e. The van der Waals surface area contributed by atoms with Gasteiger partial charge in [0.05, 0.1) is 42.8 Å². The third-order valence-corrected chi connectivity index (χ3v) is 10.6. The van der Waals surface area contributed by atoms with Crippen molar-refractivity contribution < 1.29 is 26.0 Å². The van der Waals surface area contributed by atoms with Crippen molar-refractivity contribution in [3.8, 4) is 62.1 Å². The highest BCUT2D eigenvalue weighted by Crippen LogP contribution is 2.45. The number of nitrogens with zero attached hydrogens (tertiary/aromatic N) is 4. The molecular weight excluding hydrogens is 701 g/mol. The molecule has 0 N–H and O–H groups in total. The van der Waals surface area contributed by atoms with E-state index in [-0.39, 0.29) is 87.4 Å². The quantitative estimate of drug-likeness (QED) is 0.170. The molecule has 0 radical (unpaired) electrons. The van der Waals surface area contributed by atoms with Gasteiger partial charge >= 0.3 is 0 Å². The predicted octanol–water partition coefficient (Wildman–Crippen LogP) is 13.7. The largest absolute Gasteiger partial charge is 0.308 e. The van der Waals surface area contributed by atoms with Crippen molar-refractivity contribution in [2.45, 2.75) is 0 Å². The maximum Gasteiger partial charge on any atom is 0.166 e. The number of thiophene rings is 1. The van der Waals surface area contributed by atoms with Gasteiger partial charge in [-0.1, -0.05) is 169 Å². The van der Waals surface area contributed by atoms with E-state index in [0.29, 0.717) is 11.1 Å². The normalized spacial score (nSPS) is 16.3. The van der Waals surface area contributed by atoms with Crippen LogP contribution in [0.15, 0.2) is 194 Å². The van der Waals surface area contributed by atoms with E-state index in [1.165, 1.54) is 22.8 Å². The summed E-state index contributed by atoms with van der Waals surface area (Å²) in [6, 6.07) is 10.3. The van der Waals surface area contributed by atoms with E-state index in [4.69, 9.17) is 30.0 Å². The first-order chi connectivity index (χ1) is 35.7. The zero-order chi connectivity index (χ0) is 53.5. The molecule has 3 heterocycles. The highest BCUT2D eigenvalue weighted by atomic mass is 32.1. The van der Waals surface area contributed by atoms with Crippen molar-refractivity contribution in [1.29, 1.82) is 0 Å². The Morgan fingerprint density at radius 1 is 0.393 bits per heavy atom. The van der Waals surface area contributed by atoms with Crippen LogP contribution in [0.3, 0.4) is 0 Å². The van der Waals surface area contributed by atoms with E-state index in [1.807, 2.05) is 12.1 Å². The Balaban J connectivity index is 1.33. The van der Waals surface area contributed by atoms with Crippen LogP contribution in [0, 0.1) is 0 Å². The zero-order valence-electron chi connectivity index (χ0n) is 47.7. The first kappa shape index (κ1) is 18.4.